The Morgan fingerprint density at radius 1 is 1.20 bits per heavy atom. The van der Waals surface area contributed by atoms with Crippen molar-refractivity contribution in [1.82, 2.24) is 5.32 Å². The highest BCUT2D eigenvalue weighted by Gasteiger charge is 2.34. The van der Waals surface area contributed by atoms with E-state index in [1.54, 1.807) is 0 Å². The summed E-state index contributed by atoms with van der Waals surface area (Å²) in [7, 11) is -4.26. The molecule has 1 aromatic carbocycles. The first-order valence-corrected chi connectivity index (χ1v) is 8.43. The fourth-order valence-corrected chi connectivity index (χ4v) is 2.50. The number of carbonyl (C=O) groups is 1. The number of hydrogen-bond donors (Lipinski definition) is 3. The molecule has 1 amide bonds. The summed E-state index contributed by atoms with van der Waals surface area (Å²) in [6.07, 6.45) is -3.46. The molecular weight excluding hydrogens is 363 g/mol. The Labute approximate surface area is 141 Å². The van der Waals surface area contributed by atoms with Crippen LogP contribution in [-0.2, 0) is 16.2 Å². The number of benzene rings is 1. The predicted octanol–water partition coefficient (Wildman–Crippen LogP) is 1.79. The third kappa shape index (κ3) is 4.97. The van der Waals surface area contributed by atoms with Gasteiger partial charge in [0.15, 0.2) is 5.76 Å². The number of hydrogen-bond acceptors (Lipinski definition) is 5. The van der Waals surface area contributed by atoms with Gasteiger partial charge < -0.3 is 15.1 Å². The van der Waals surface area contributed by atoms with Crippen LogP contribution in [0.2, 0.25) is 0 Å². The van der Waals surface area contributed by atoms with E-state index < -0.39 is 32.6 Å². The maximum Gasteiger partial charge on any atom is 0.418 e. The van der Waals surface area contributed by atoms with E-state index in [9.17, 15) is 26.4 Å². The fraction of sp³-hybridized carbons (Fsp3) is 0.214. The quantitative estimate of drug-likeness (QED) is 0.664. The lowest BCUT2D eigenvalue weighted by Gasteiger charge is -2.15. The second-order valence-corrected chi connectivity index (χ2v) is 6.47. The third-order valence-corrected chi connectivity index (χ3v) is 4.01. The second-order valence-electron chi connectivity index (χ2n) is 4.91. The molecule has 0 radical (unpaired) electrons. The van der Waals surface area contributed by atoms with Gasteiger partial charge in [-0.3, -0.25) is 4.79 Å². The smallest absolute Gasteiger partial charge is 0.418 e. The number of nitrogens with one attached hydrogen (secondary N) is 2. The number of halogens is 3. The van der Waals surface area contributed by atoms with Gasteiger partial charge in [-0.2, -0.15) is 13.2 Å². The highest BCUT2D eigenvalue weighted by Crippen LogP contribution is 2.36. The van der Waals surface area contributed by atoms with E-state index in [2.05, 4.69) is 10.6 Å². The van der Waals surface area contributed by atoms with Crippen molar-refractivity contribution in [2.24, 2.45) is 5.14 Å². The topological polar surface area (TPSA) is 114 Å². The first kappa shape index (κ1) is 18.8. The van der Waals surface area contributed by atoms with E-state index in [1.807, 2.05) is 0 Å². The van der Waals surface area contributed by atoms with Crippen LogP contribution in [0.5, 0.6) is 0 Å². The lowest BCUT2D eigenvalue weighted by Crippen LogP contribution is -2.28. The molecule has 0 unspecified atom stereocenters. The first-order chi connectivity index (χ1) is 11.6. The summed E-state index contributed by atoms with van der Waals surface area (Å²) in [6.45, 7) is -0.00196. The van der Waals surface area contributed by atoms with Crippen LogP contribution in [0, 0.1) is 0 Å². The van der Waals surface area contributed by atoms with E-state index in [-0.39, 0.29) is 24.5 Å². The van der Waals surface area contributed by atoms with E-state index >= 15 is 0 Å². The van der Waals surface area contributed by atoms with E-state index in [4.69, 9.17) is 9.56 Å². The van der Waals surface area contributed by atoms with Crippen LogP contribution in [0.15, 0.2) is 45.9 Å². The normalized spacial score (nSPS) is 12.0. The zero-order chi connectivity index (χ0) is 18.7. The molecule has 0 bridgehead atoms. The lowest BCUT2D eigenvalue weighted by molar-refractivity contribution is -0.137. The summed E-state index contributed by atoms with van der Waals surface area (Å²) in [5.74, 6) is -0.430. The number of sulfonamides is 1. The lowest BCUT2D eigenvalue weighted by atomic mass is 10.1. The van der Waals surface area contributed by atoms with Crippen LogP contribution >= 0.6 is 0 Å². The van der Waals surface area contributed by atoms with Crippen molar-refractivity contribution in [1.29, 1.82) is 0 Å². The Morgan fingerprint density at radius 3 is 2.48 bits per heavy atom. The molecule has 4 N–H and O–H groups in total. The molecule has 11 heteroatoms. The van der Waals surface area contributed by atoms with Gasteiger partial charge in [-0.15, -0.1) is 0 Å². The molecule has 1 heterocycles. The standard InChI is InChI=1S/C14H14F3N3O4S/c15-14(16,17)10-8-9(25(18,22)23)3-4-11(10)19-5-6-20-13(21)12-2-1-7-24-12/h1-4,7-8,19H,5-6H2,(H,20,21)(H2,18,22,23). The molecule has 0 aliphatic heterocycles. The molecule has 0 spiro atoms. The maximum atomic E-state index is 13.1. The van der Waals surface area contributed by atoms with Crippen molar-refractivity contribution >= 4 is 21.6 Å². The monoisotopic (exact) mass is 377 g/mol. The maximum absolute atomic E-state index is 13.1. The number of furan rings is 1. The van der Waals surface area contributed by atoms with Crippen molar-refractivity contribution in [2.45, 2.75) is 11.1 Å². The Balaban J connectivity index is 2.05. The SMILES string of the molecule is NS(=O)(=O)c1ccc(NCCNC(=O)c2ccco2)c(C(F)(F)F)c1. The van der Waals surface area contributed by atoms with Gasteiger partial charge in [-0.05, 0) is 30.3 Å². The first-order valence-electron chi connectivity index (χ1n) is 6.88. The number of carbonyl (C=O) groups excluding carboxylic acids is 1. The highest BCUT2D eigenvalue weighted by atomic mass is 32.2. The summed E-state index contributed by atoms with van der Waals surface area (Å²) in [6, 6.07) is 5.36. The van der Waals surface area contributed by atoms with Gasteiger partial charge in [0.05, 0.1) is 16.7 Å². The van der Waals surface area contributed by atoms with Gasteiger partial charge in [-0.25, -0.2) is 13.6 Å². The van der Waals surface area contributed by atoms with Crippen molar-refractivity contribution in [3.8, 4) is 0 Å². The zero-order valence-corrected chi connectivity index (χ0v) is 13.4. The summed E-state index contributed by atoms with van der Waals surface area (Å²) in [4.78, 5) is 11.0. The Hall–Kier alpha value is -2.53. The molecule has 0 saturated carbocycles. The molecule has 0 aliphatic carbocycles. The number of anilines is 1. The predicted molar refractivity (Wildman–Crippen MR) is 82.3 cm³/mol. The van der Waals surface area contributed by atoms with E-state index in [0.29, 0.717) is 6.07 Å². The molecule has 0 saturated heterocycles. The van der Waals surface area contributed by atoms with Gasteiger partial charge in [0.1, 0.15) is 0 Å². The molecule has 1 aromatic heterocycles. The van der Waals surface area contributed by atoms with Crippen LogP contribution in [0.4, 0.5) is 18.9 Å². The molecule has 136 valence electrons. The largest absolute Gasteiger partial charge is 0.459 e. The average molecular weight is 377 g/mol. The van der Waals surface area contributed by atoms with Gasteiger partial charge >= 0.3 is 6.18 Å². The molecule has 25 heavy (non-hydrogen) atoms. The van der Waals surface area contributed by atoms with Crippen LogP contribution in [0.3, 0.4) is 0 Å². The highest BCUT2D eigenvalue weighted by molar-refractivity contribution is 7.89. The van der Waals surface area contributed by atoms with E-state index in [0.717, 1.165) is 12.1 Å². The minimum absolute atomic E-state index is 0.0216. The minimum Gasteiger partial charge on any atom is -0.459 e. The van der Waals surface area contributed by atoms with Gasteiger partial charge in [0, 0.05) is 18.8 Å². The summed E-state index contributed by atoms with van der Waals surface area (Å²) in [5, 5.41) is 9.80. The molecule has 0 aliphatic rings. The van der Waals surface area contributed by atoms with E-state index in [1.165, 1.54) is 18.4 Å². The summed E-state index contributed by atoms with van der Waals surface area (Å²) in [5.41, 5.74) is -1.50. The van der Waals surface area contributed by atoms with Gasteiger partial charge in [0.2, 0.25) is 10.0 Å². The molecule has 7 nitrogen and oxygen atoms in total. The Morgan fingerprint density at radius 2 is 1.92 bits per heavy atom. The van der Waals surface area contributed by atoms with Crippen molar-refractivity contribution in [2.75, 3.05) is 18.4 Å². The second kappa shape index (κ2) is 7.15. The number of rotatable bonds is 6. The van der Waals surface area contributed by atoms with Crippen LogP contribution in [0.1, 0.15) is 16.1 Å². The molecular formula is C14H14F3N3O4S. The number of primary sulfonamides is 1. The van der Waals surface area contributed by atoms with Crippen molar-refractivity contribution in [3.63, 3.8) is 0 Å². The number of nitrogens with two attached hydrogens (primary N) is 1. The molecule has 0 atom stereocenters. The number of amides is 1. The van der Waals surface area contributed by atoms with Crippen molar-refractivity contribution in [3.05, 3.63) is 47.9 Å². The average Bonchev–Trinajstić information content (AvgIpc) is 3.04. The molecule has 0 fully saturated rings. The number of alkyl halides is 3. The zero-order valence-electron chi connectivity index (χ0n) is 12.6. The third-order valence-electron chi connectivity index (χ3n) is 3.10. The fourth-order valence-electron chi connectivity index (χ4n) is 1.96. The van der Waals surface area contributed by atoms with Crippen LogP contribution in [0.25, 0.3) is 0 Å². The van der Waals surface area contributed by atoms with Crippen LogP contribution in [-0.4, -0.2) is 27.4 Å². The molecule has 2 rings (SSSR count). The summed E-state index contributed by atoms with van der Waals surface area (Å²) >= 11 is 0. The van der Waals surface area contributed by atoms with Crippen molar-refractivity contribution < 1.29 is 30.8 Å². The van der Waals surface area contributed by atoms with Gasteiger partial charge in [-0.1, -0.05) is 0 Å². The minimum atomic E-state index is -4.78. The Kier molecular flexibility index (Phi) is 5.38. The summed E-state index contributed by atoms with van der Waals surface area (Å²) < 4.78 is 66.5. The Bertz CT molecular complexity index is 849. The van der Waals surface area contributed by atoms with Gasteiger partial charge in [0.25, 0.3) is 5.91 Å². The molecule has 2 aromatic rings. The van der Waals surface area contributed by atoms with Crippen LogP contribution < -0.4 is 15.8 Å².